The first-order valence-electron chi connectivity index (χ1n) is 18.3. The number of para-hydroxylation sites is 2. The van der Waals surface area contributed by atoms with Gasteiger partial charge in [0.25, 0.3) is 0 Å². The van der Waals surface area contributed by atoms with Crippen LogP contribution in [-0.4, -0.2) is 9.13 Å². The van der Waals surface area contributed by atoms with Gasteiger partial charge < -0.3 is 13.6 Å². The molecule has 12 aromatic rings. The molecule has 13 rings (SSSR count). The summed E-state index contributed by atoms with van der Waals surface area (Å²) < 4.78 is 11.6. The maximum atomic E-state index is 6.54. The molecule has 1 aliphatic carbocycles. The van der Waals surface area contributed by atoms with Gasteiger partial charge in [-0.3, -0.25) is 0 Å². The minimum atomic E-state index is 0.896. The zero-order valence-electron chi connectivity index (χ0n) is 28.5. The van der Waals surface area contributed by atoms with Gasteiger partial charge in [-0.15, -0.1) is 0 Å². The van der Waals surface area contributed by atoms with E-state index in [-0.39, 0.29) is 0 Å². The maximum absolute atomic E-state index is 6.54. The molecule has 9 aromatic carbocycles. The highest BCUT2D eigenvalue weighted by atomic mass is 16.3. The second kappa shape index (κ2) is 9.81. The zero-order chi connectivity index (χ0) is 34.4. The van der Waals surface area contributed by atoms with Crippen molar-refractivity contribution in [2.24, 2.45) is 0 Å². The molecule has 0 radical (unpaired) electrons. The van der Waals surface area contributed by atoms with E-state index in [1.54, 1.807) is 0 Å². The molecule has 0 saturated carbocycles. The molecule has 0 fully saturated rings. The molecule has 3 aromatic heterocycles. The summed E-state index contributed by atoms with van der Waals surface area (Å²) in [6.07, 6.45) is 0. The van der Waals surface area contributed by atoms with Crippen LogP contribution in [0.1, 0.15) is 0 Å². The van der Waals surface area contributed by atoms with Crippen LogP contribution in [0.4, 0.5) is 0 Å². The van der Waals surface area contributed by atoms with E-state index in [1.165, 1.54) is 87.4 Å². The van der Waals surface area contributed by atoms with Crippen LogP contribution < -0.4 is 0 Å². The molecule has 0 bridgehead atoms. The number of rotatable bonds is 2. The summed E-state index contributed by atoms with van der Waals surface area (Å²) >= 11 is 0. The van der Waals surface area contributed by atoms with Crippen LogP contribution in [0.5, 0.6) is 0 Å². The average Bonchev–Trinajstić information content (AvgIpc) is 3.95. The first kappa shape index (κ1) is 27.6. The van der Waals surface area contributed by atoms with E-state index in [2.05, 4.69) is 179 Å². The lowest BCUT2D eigenvalue weighted by Crippen LogP contribution is -2.00. The smallest absolute Gasteiger partial charge is 0.137 e. The third-order valence-corrected chi connectivity index (χ3v) is 11.8. The van der Waals surface area contributed by atoms with Crippen molar-refractivity contribution in [2.45, 2.75) is 0 Å². The van der Waals surface area contributed by atoms with Gasteiger partial charge in [-0.2, -0.15) is 0 Å². The first-order chi connectivity index (χ1) is 26.3. The van der Waals surface area contributed by atoms with Crippen LogP contribution >= 0.6 is 0 Å². The molecule has 0 aliphatic heterocycles. The van der Waals surface area contributed by atoms with Gasteiger partial charge in [-0.1, -0.05) is 127 Å². The molecule has 3 heteroatoms. The number of furan rings is 1. The van der Waals surface area contributed by atoms with E-state index in [0.29, 0.717) is 0 Å². The average molecular weight is 673 g/mol. The number of aromatic nitrogens is 2. The third-order valence-electron chi connectivity index (χ3n) is 11.8. The van der Waals surface area contributed by atoms with E-state index in [1.807, 2.05) is 0 Å². The Morgan fingerprint density at radius 1 is 0.340 bits per heavy atom. The van der Waals surface area contributed by atoms with Gasteiger partial charge in [0, 0.05) is 38.0 Å². The Balaban J connectivity index is 1.25. The van der Waals surface area contributed by atoms with Crippen LogP contribution in [0.15, 0.2) is 174 Å². The standard InChI is InChI=1S/C50H28N2O/c1-2-14-32-29(10-1)11-9-20-42(32)52-48-38(26-27-45-47(48)40-16-4-6-21-44(40)53-45)39-25-24-37-34-15-3-5-19-43(34)51(49(37)50(39)52)31-22-23-33-35-17-7-12-30-13-8-18-36(46(30)35)41(33)28-31/h1-28H. The van der Waals surface area contributed by atoms with Crippen LogP contribution in [-0.2, 0) is 0 Å². The molecule has 0 spiro atoms. The summed E-state index contributed by atoms with van der Waals surface area (Å²) in [5.74, 6) is 0. The summed E-state index contributed by atoms with van der Waals surface area (Å²) in [6.45, 7) is 0. The second-order valence-electron chi connectivity index (χ2n) is 14.4. The summed E-state index contributed by atoms with van der Waals surface area (Å²) in [5.41, 5.74) is 14.1. The topological polar surface area (TPSA) is 23.0 Å². The molecule has 0 N–H and O–H groups in total. The highest BCUT2D eigenvalue weighted by Crippen LogP contribution is 2.50. The van der Waals surface area contributed by atoms with Crippen molar-refractivity contribution in [1.82, 2.24) is 9.13 Å². The summed E-state index contributed by atoms with van der Waals surface area (Å²) in [6, 6.07) is 62.3. The Kier molecular flexibility index (Phi) is 5.11. The van der Waals surface area contributed by atoms with Crippen molar-refractivity contribution in [1.29, 1.82) is 0 Å². The Morgan fingerprint density at radius 2 is 0.981 bits per heavy atom. The van der Waals surface area contributed by atoms with Crippen LogP contribution in [0.2, 0.25) is 0 Å². The Hall–Kier alpha value is -7.10. The highest BCUT2D eigenvalue weighted by Gasteiger charge is 2.26. The fraction of sp³-hybridized carbons (Fsp3) is 0. The van der Waals surface area contributed by atoms with Crippen molar-refractivity contribution in [3.63, 3.8) is 0 Å². The van der Waals surface area contributed by atoms with E-state index in [4.69, 9.17) is 4.42 Å². The van der Waals surface area contributed by atoms with Gasteiger partial charge in [-0.25, -0.2) is 0 Å². The van der Waals surface area contributed by atoms with E-state index < -0.39 is 0 Å². The second-order valence-corrected chi connectivity index (χ2v) is 14.4. The van der Waals surface area contributed by atoms with Crippen molar-refractivity contribution in [3.8, 4) is 33.6 Å². The number of benzene rings is 9. The zero-order valence-corrected chi connectivity index (χ0v) is 28.5. The lowest BCUT2D eigenvalue weighted by atomic mass is 10.0. The van der Waals surface area contributed by atoms with Crippen molar-refractivity contribution in [2.75, 3.05) is 0 Å². The summed E-state index contributed by atoms with van der Waals surface area (Å²) in [5, 5.41) is 12.2. The SMILES string of the molecule is c1ccc2c(-n3c4c(ccc5oc6ccccc6c54)c4ccc5c6ccccc6n(-c6ccc7c(c6)-c6cccc8cccc-7c68)c5c43)cccc2c1. The number of hydrogen-bond acceptors (Lipinski definition) is 1. The molecule has 0 unspecified atom stereocenters. The molecule has 0 saturated heterocycles. The fourth-order valence-corrected chi connectivity index (χ4v) is 9.68. The van der Waals surface area contributed by atoms with Gasteiger partial charge in [0.05, 0.1) is 33.1 Å². The highest BCUT2D eigenvalue weighted by molar-refractivity contribution is 6.30. The molecule has 244 valence electrons. The van der Waals surface area contributed by atoms with Gasteiger partial charge in [0.15, 0.2) is 0 Å². The monoisotopic (exact) mass is 672 g/mol. The quantitative estimate of drug-likeness (QED) is 0.179. The lowest BCUT2D eigenvalue weighted by molar-refractivity contribution is 0.669. The molecule has 0 atom stereocenters. The van der Waals surface area contributed by atoms with Crippen LogP contribution in [0.3, 0.4) is 0 Å². The minimum Gasteiger partial charge on any atom is -0.456 e. The van der Waals surface area contributed by atoms with Crippen molar-refractivity contribution >= 4 is 87.1 Å². The largest absolute Gasteiger partial charge is 0.456 e. The fourth-order valence-electron chi connectivity index (χ4n) is 9.68. The van der Waals surface area contributed by atoms with Crippen molar-refractivity contribution < 1.29 is 4.42 Å². The normalized spacial score (nSPS) is 12.5. The van der Waals surface area contributed by atoms with Crippen LogP contribution in [0.25, 0.3) is 121 Å². The van der Waals surface area contributed by atoms with Crippen molar-refractivity contribution in [3.05, 3.63) is 170 Å². The summed E-state index contributed by atoms with van der Waals surface area (Å²) in [7, 11) is 0. The van der Waals surface area contributed by atoms with E-state index in [0.717, 1.165) is 33.3 Å². The Bertz CT molecular complexity index is 3560. The Morgan fingerprint density at radius 3 is 1.87 bits per heavy atom. The predicted octanol–water partition coefficient (Wildman–Crippen LogP) is 13.7. The Labute approximate surface area is 303 Å². The van der Waals surface area contributed by atoms with Gasteiger partial charge in [0.2, 0.25) is 0 Å². The molecule has 53 heavy (non-hydrogen) atoms. The lowest BCUT2D eigenvalue weighted by Gasteiger charge is -2.15. The van der Waals surface area contributed by atoms with E-state index in [9.17, 15) is 0 Å². The number of nitrogens with zero attached hydrogens (tertiary/aromatic N) is 2. The van der Waals surface area contributed by atoms with Gasteiger partial charge in [-0.05, 0) is 80.9 Å². The van der Waals surface area contributed by atoms with E-state index >= 15 is 0 Å². The number of fused-ring (bicyclic) bond motifs is 15. The molecule has 3 heterocycles. The van der Waals surface area contributed by atoms with Crippen LogP contribution in [0, 0.1) is 0 Å². The van der Waals surface area contributed by atoms with Gasteiger partial charge in [0.1, 0.15) is 11.2 Å². The van der Waals surface area contributed by atoms with Gasteiger partial charge >= 0.3 is 0 Å². The molecule has 0 amide bonds. The third kappa shape index (κ3) is 3.44. The molecular formula is C50H28N2O. The number of hydrogen-bond donors (Lipinski definition) is 0. The minimum absolute atomic E-state index is 0.896. The molecule has 3 nitrogen and oxygen atoms in total. The molecular weight excluding hydrogens is 645 g/mol. The predicted molar refractivity (Wildman–Crippen MR) is 222 cm³/mol. The maximum Gasteiger partial charge on any atom is 0.137 e. The first-order valence-corrected chi connectivity index (χ1v) is 18.3. The summed E-state index contributed by atoms with van der Waals surface area (Å²) in [4.78, 5) is 0. The molecule has 1 aliphatic rings.